The summed E-state index contributed by atoms with van der Waals surface area (Å²) in [6.45, 7) is 5.66. The monoisotopic (exact) mass is 514 g/mol. The molecular weight excluding hydrogens is 480 g/mol. The summed E-state index contributed by atoms with van der Waals surface area (Å²) in [5.41, 5.74) is 8.42. The number of hydrogen-bond acceptors (Lipinski definition) is 11. The summed E-state index contributed by atoms with van der Waals surface area (Å²) < 4.78 is 12.4. The quantitative estimate of drug-likeness (QED) is 0.257. The molecule has 12 nitrogen and oxygen atoms in total. The van der Waals surface area contributed by atoms with Gasteiger partial charge < -0.3 is 35.8 Å². The minimum atomic E-state index is -1.27. The first-order valence-electron chi connectivity index (χ1n) is 12.2. The van der Waals surface area contributed by atoms with E-state index in [1.54, 1.807) is 0 Å². The van der Waals surface area contributed by atoms with Crippen molar-refractivity contribution in [2.24, 2.45) is 0 Å². The molecule has 0 radical (unpaired) electrons. The van der Waals surface area contributed by atoms with E-state index in [4.69, 9.17) is 15.2 Å². The van der Waals surface area contributed by atoms with E-state index in [0.717, 1.165) is 11.1 Å². The first-order valence-corrected chi connectivity index (χ1v) is 12.2. The van der Waals surface area contributed by atoms with Crippen LogP contribution in [-0.4, -0.2) is 77.9 Å². The highest BCUT2D eigenvalue weighted by molar-refractivity contribution is 5.83. The Hall–Kier alpha value is -3.32. The molecule has 0 aliphatic carbocycles. The molecule has 1 aromatic carbocycles. The van der Waals surface area contributed by atoms with Gasteiger partial charge in [0.2, 0.25) is 5.95 Å². The van der Waals surface area contributed by atoms with Crippen LogP contribution in [0.4, 0.5) is 11.8 Å². The third kappa shape index (κ3) is 6.34. The molecular formula is C25H34N6O6. The number of carbonyl (C=O) groups is 1. The number of aliphatic hydroxyl groups is 3. The molecule has 1 saturated heterocycles. The van der Waals surface area contributed by atoms with Crippen LogP contribution in [0.15, 0.2) is 30.6 Å². The number of aryl methyl sites for hydroxylation is 1. The van der Waals surface area contributed by atoms with Gasteiger partial charge in [0, 0.05) is 13.0 Å². The number of rotatable bonds is 9. The molecule has 1 fully saturated rings. The fourth-order valence-corrected chi connectivity index (χ4v) is 4.14. The second kappa shape index (κ2) is 11.0. The van der Waals surface area contributed by atoms with E-state index in [1.807, 2.05) is 45.0 Å². The third-order valence-electron chi connectivity index (χ3n) is 6.00. The van der Waals surface area contributed by atoms with Gasteiger partial charge in [0.25, 0.3) is 0 Å². The molecule has 0 spiro atoms. The van der Waals surface area contributed by atoms with Crippen LogP contribution in [-0.2, 0) is 27.1 Å². The Bertz CT molecular complexity index is 1220. The zero-order chi connectivity index (χ0) is 26.7. The molecule has 200 valence electrons. The summed E-state index contributed by atoms with van der Waals surface area (Å²) in [7, 11) is 0. The lowest BCUT2D eigenvalue weighted by Crippen LogP contribution is -2.33. The number of carbonyl (C=O) groups excluding carboxylic acids is 1. The van der Waals surface area contributed by atoms with E-state index in [-0.39, 0.29) is 17.7 Å². The molecule has 6 N–H and O–H groups in total. The summed E-state index contributed by atoms with van der Waals surface area (Å²) >= 11 is 0. The lowest BCUT2D eigenvalue weighted by molar-refractivity contribution is -0.154. The third-order valence-corrected chi connectivity index (χ3v) is 6.00. The van der Waals surface area contributed by atoms with Crippen molar-refractivity contribution in [3.05, 3.63) is 41.7 Å². The van der Waals surface area contributed by atoms with Gasteiger partial charge in [-0.05, 0) is 44.7 Å². The molecule has 3 aromatic rings. The van der Waals surface area contributed by atoms with E-state index < -0.39 is 36.7 Å². The Labute approximate surface area is 214 Å². The van der Waals surface area contributed by atoms with Gasteiger partial charge >= 0.3 is 5.97 Å². The number of nitrogen functional groups attached to an aromatic ring is 1. The van der Waals surface area contributed by atoms with E-state index >= 15 is 0 Å². The van der Waals surface area contributed by atoms with Gasteiger partial charge in [-0.15, -0.1) is 0 Å². The van der Waals surface area contributed by atoms with Gasteiger partial charge in [-0.2, -0.15) is 9.97 Å². The summed E-state index contributed by atoms with van der Waals surface area (Å²) in [5.74, 6) is 0.233. The average molecular weight is 515 g/mol. The minimum Gasteiger partial charge on any atom is -0.460 e. The molecule has 1 aliphatic rings. The van der Waals surface area contributed by atoms with Gasteiger partial charge in [0.1, 0.15) is 29.4 Å². The van der Waals surface area contributed by atoms with Crippen LogP contribution in [0.2, 0.25) is 0 Å². The fourth-order valence-electron chi connectivity index (χ4n) is 4.14. The molecule has 0 saturated carbocycles. The molecule has 2 aromatic heterocycles. The maximum absolute atomic E-state index is 11.9. The smallest absolute Gasteiger partial charge is 0.306 e. The van der Waals surface area contributed by atoms with Crippen molar-refractivity contribution in [3.8, 4) is 0 Å². The number of benzene rings is 1. The van der Waals surface area contributed by atoms with Gasteiger partial charge in [0.15, 0.2) is 17.7 Å². The van der Waals surface area contributed by atoms with Crippen LogP contribution < -0.4 is 11.1 Å². The number of nitrogens with one attached hydrogen (secondary N) is 1. The standard InChI is InChI=1S/C25H34N6O6/c1-25(2,3)37-17(33)9-8-14-4-6-15(7-5-14)10-11-27-24-29-21(26)18-22(30-24)31(13-28-18)23-20(35)19(34)16(12-32)36-23/h4-7,13,16,19-20,23,32,34-35H,8-12H2,1-3H3,(H3,26,27,29,30)/t16-,19?,20?,23-/m1/s1. The van der Waals surface area contributed by atoms with Crippen LogP contribution in [0.25, 0.3) is 11.2 Å². The van der Waals surface area contributed by atoms with Crippen molar-refractivity contribution >= 4 is 28.9 Å². The van der Waals surface area contributed by atoms with Crippen molar-refractivity contribution < 1.29 is 29.6 Å². The molecule has 1 aliphatic heterocycles. The normalized spacial score (nSPS) is 21.9. The number of hydrogen-bond donors (Lipinski definition) is 5. The van der Waals surface area contributed by atoms with Crippen molar-refractivity contribution in [2.45, 2.75) is 70.2 Å². The molecule has 0 bridgehead atoms. The fraction of sp³-hybridized carbons (Fsp3) is 0.520. The predicted octanol–water partition coefficient (Wildman–Crippen LogP) is 0.949. The number of esters is 1. The Morgan fingerprint density at radius 2 is 1.81 bits per heavy atom. The molecule has 0 amide bonds. The number of ether oxygens (including phenoxy) is 2. The number of anilines is 2. The molecule has 4 atom stereocenters. The van der Waals surface area contributed by atoms with Gasteiger partial charge in [-0.1, -0.05) is 24.3 Å². The van der Waals surface area contributed by atoms with E-state index in [2.05, 4.69) is 20.3 Å². The Morgan fingerprint density at radius 3 is 2.43 bits per heavy atom. The number of fused-ring (bicyclic) bond motifs is 1. The van der Waals surface area contributed by atoms with Crippen LogP contribution >= 0.6 is 0 Å². The minimum absolute atomic E-state index is 0.160. The SMILES string of the molecule is CC(C)(C)OC(=O)CCc1ccc(CCNc2nc(N)c3ncn([C@@H]4O[C@H](CO)C(O)C4O)c3n2)cc1. The van der Waals surface area contributed by atoms with Crippen molar-refractivity contribution in [1.29, 1.82) is 0 Å². The highest BCUT2D eigenvalue weighted by Gasteiger charge is 2.44. The zero-order valence-corrected chi connectivity index (χ0v) is 21.2. The van der Waals surface area contributed by atoms with E-state index in [0.29, 0.717) is 37.0 Å². The first-order chi connectivity index (χ1) is 17.6. The largest absolute Gasteiger partial charge is 0.460 e. The molecule has 3 heterocycles. The van der Waals surface area contributed by atoms with Crippen molar-refractivity contribution in [1.82, 2.24) is 19.5 Å². The maximum Gasteiger partial charge on any atom is 0.306 e. The van der Waals surface area contributed by atoms with Crippen LogP contribution in [0.1, 0.15) is 44.5 Å². The lowest BCUT2D eigenvalue weighted by atomic mass is 10.1. The summed E-state index contributed by atoms with van der Waals surface area (Å²) in [4.78, 5) is 24.9. The second-order valence-corrected chi connectivity index (χ2v) is 10.1. The van der Waals surface area contributed by atoms with Crippen LogP contribution in [0.3, 0.4) is 0 Å². The van der Waals surface area contributed by atoms with E-state index in [9.17, 15) is 20.1 Å². The van der Waals surface area contributed by atoms with Crippen LogP contribution in [0, 0.1) is 0 Å². The van der Waals surface area contributed by atoms with Gasteiger partial charge in [0.05, 0.1) is 12.9 Å². The van der Waals surface area contributed by atoms with Gasteiger partial charge in [-0.3, -0.25) is 9.36 Å². The Morgan fingerprint density at radius 1 is 1.14 bits per heavy atom. The molecule has 4 rings (SSSR count). The topological polar surface area (TPSA) is 178 Å². The average Bonchev–Trinajstić information content (AvgIpc) is 3.38. The number of nitrogens with zero attached hydrogens (tertiary/aromatic N) is 4. The van der Waals surface area contributed by atoms with E-state index in [1.165, 1.54) is 10.9 Å². The highest BCUT2D eigenvalue weighted by Crippen LogP contribution is 2.32. The maximum atomic E-state index is 11.9. The number of aliphatic hydroxyl groups excluding tert-OH is 3. The summed E-state index contributed by atoms with van der Waals surface area (Å²) in [6.07, 6.45) is -1.36. The summed E-state index contributed by atoms with van der Waals surface area (Å²) in [5, 5.41) is 33.0. The van der Waals surface area contributed by atoms with Crippen LogP contribution in [0.5, 0.6) is 0 Å². The molecule has 37 heavy (non-hydrogen) atoms. The Kier molecular flexibility index (Phi) is 7.93. The lowest BCUT2D eigenvalue weighted by Gasteiger charge is -2.19. The van der Waals surface area contributed by atoms with Gasteiger partial charge in [-0.25, -0.2) is 4.98 Å². The van der Waals surface area contributed by atoms with Crippen molar-refractivity contribution in [3.63, 3.8) is 0 Å². The predicted molar refractivity (Wildman–Crippen MR) is 136 cm³/mol. The number of imidazole rings is 1. The van der Waals surface area contributed by atoms with Crippen molar-refractivity contribution in [2.75, 3.05) is 24.2 Å². The highest BCUT2D eigenvalue weighted by atomic mass is 16.6. The Balaban J connectivity index is 1.35. The summed E-state index contributed by atoms with van der Waals surface area (Å²) in [6, 6.07) is 8.03. The number of aromatic nitrogens is 4. The second-order valence-electron chi connectivity index (χ2n) is 10.1. The molecule has 12 heteroatoms. The number of nitrogens with two attached hydrogens (primary N) is 1. The molecule has 2 unspecified atom stereocenters. The first kappa shape index (κ1) is 26.7. The zero-order valence-electron chi connectivity index (χ0n) is 21.2.